The number of aromatic nitrogens is 1. The fourth-order valence-corrected chi connectivity index (χ4v) is 3.30. The molecular weight excluding hydrogens is 308 g/mol. The first-order chi connectivity index (χ1) is 11.5. The van der Waals surface area contributed by atoms with Gasteiger partial charge >= 0.3 is 0 Å². The maximum atomic E-state index is 12.0. The summed E-state index contributed by atoms with van der Waals surface area (Å²) in [5, 5.41) is 15.4. The second kappa shape index (κ2) is 7.46. The number of ether oxygens (including phenoxy) is 1. The Morgan fingerprint density at radius 2 is 2.17 bits per heavy atom. The standard InChI is InChI=1S/C17H26N4O3/c1-11-9-21(10-12(2)24-11)16-4-3-13(6-19-16)7-20-17(23)15-5-14(22)8-18-15/h3-4,6,11-12,14-15,18,22H,5,7-10H2,1-2H3,(H,20,23). The van der Waals surface area contributed by atoms with Gasteiger partial charge in [0, 0.05) is 32.4 Å². The third-order valence-electron chi connectivity index (χ3n) is 4.44. The predicted octanol–water partition coefficient (Wildman–Crippen LogP) is 0.0342. The molecule has 2 fully saturated rings. The molecule has 3 heterocycles. The van der Waals surface area contributed by atoms with Crippen molar-refractivity contribution in [1.29, 1.82) is 0 Å². The number of nitrogens with zero attached hydrogens (tertiary/aromatic N) is 2. The monoisotopic (exact) mass is 334 g/mol. The summed E-state index contributed by atoms with van der Waals surface area (Å²) in [7, 11) is 0. The van der Waals surface area contributed by atoms with E-state index in [0.717, 1.165) is 24.5 Å². The highest BCUT2D eigenvalue weighted by Crippen LogP contribution is 2.18. The topological polar surface area (TPSA) is 86.7 Å². The molecule has 0 saturated carbocycles. The molecule has 0 spiro atoms. The summed E-state index contributed by atoms with van der Waals surface area (Å²) in [6, 6.07) is 3.68. The van der Waals surface area contributed by atoms with Crippen LogP contribution in [0.2, 0.25) is 0 Å². The highest BCUT2D eigenvalue weighted by Gasteiger charge is 2.27. The molecular formula is C17H26N4O3. The number of nitrogens with one attached hydrogen (secondary N) is 2. The normalized spacial score (nSPS) is 30.4. The Kier molecular flexibility index (Phi) is 5.33. The van der Waals surface area contributed by atoms with Crippen molar-refractivity contribution in [3.8, 4) is 0 Å². The third-order valence-corrected chi connectivity index (χ3v) is 4.44. The van der Waals surface area contributed by atoms with Gasteiger partial charge in [0.2, 0.25) is 5.91 Å². The average molecular weight is 334 g/mol. The first-order valence-corrected chi connectivity index (χ1v) is 8.55. The van der Waals surface area contributed by atoms with Crippen molar-refractivity contribution >= 4 is 11.7 Å². The lowest BCUT2D eigenvalue weighted by molar-refractivity contribution is -0.123. The zero-order valence-corrected chi connectivity index (χ0v) is 14.2. The first-order valence-electron chi connectivity index (χ1n) is 8.55. The minimum atomic E-state index is -0.431. The van der Waals surface area contributed by atoms with Crippen LogP contribution >= 0.6 is 0 Å². The fraction of sp³-hybridized carbons (Fsp3) is 0.647. The molecule has 0 aliphatic carbocycles. The molecule has 2 aliphatic heterocycles. The molecule has 1 amide bonds. The molecule has 2 saturated heterocycles. The Morgan fingerprint density at radius 3 is 2.75 bits per heavy atom. The van der Waals surface area contributed by atoms with Gasteiger partial charge in [-0.05, 0) is 31.9 Å². The van der Waals surface area contributed by atoms with Crippen molar-refractivity contribution in [2.45, 2.75) is 51.2 Å². The van der Waals surface area contributed by atoms with Gasteiger partial charge in [0.05, 0.1) is 24.4 Å². The summed E-state index contributed by atoms with van der Waals surface area (Å²) in [5.74, 6) is 0.860. The summed E-state index contributed by atoms with van der Waals surface area (Å²) >= 11 is 0. The molecule has 4 atom stereocenters. The summed E-state index contributed by atoms with van der Waals surface area (Å²) in [6.07, 6.45) is 2.24. The third kappa shape index (κ3) is 4.23. The molecule has 7 nitrogen and oxygen atoms in total. The quantitative estimate of drug-likeness (QED) is 0.720. The number of pyridine rings is 1. The highest BCUT2D eigenvalue weighted by atomic mass is 16.5. The number of morpholine rings is 1. The van der Waals surface area contributed by atoms with E-state index < -0.39 is 6.10 Å². The van der Waals surface area contributed by atoms with Crippen molar-refractivity contribution < 1.29 is 14.6 Å². The second-order valence-electron chi connectivity index (χ2n) is 6.76. The van der Waals surface area contributed by atoms with Gasteiger partial charge in [0.25, 0.3) is 0 Å². The number of anilines is 1. The fourth-order valence-electron chi connectivity index (χ4n) is 3.30. The van der Waals surface area contributed by atoms with Crippen LogP contribution in [0.1, 0.15) is 25.8 Å². The molecule has 0 aromatic carbocycles. The summed E-state index contributed by atoms with van der Waals surface area (Å²) in [5.41, 5.74) is 0.958. The second-order valence-corrected chi connectivity index (χ2v) is 6.76. The molecule has 1 aromatic rings. The molecule has 1 aromatic heterocycles. The zero-order valence-electron chi connectivity index (χ0n) is 14.2. The zero-order chi connectivity index (χ0) is 17.1. The summed E-state index contributed by atoms with van der Waals surface area (Å²) in [4.78, 5) is 18.8. The Balaban J connectivity index is 1.52. The molecule has 2 aliphatic rings. The molecule has 0 radical (unpaired) electrons. The van der Waals surface area contributed by atoms with E-state index in [1.807, 2.05) is 12.1 Å². The van der Waals surface area contributed by atoms with Gasteiger partial charge in [0.15, 0.2) is 0 Å². The maximum Gasteiger partial charge on any atom is 0.237 e. The number of aliphatic hydroxyl groups excluding tert-OH is 1. The number of hydrogen-bond donors (Lipinski definition) is 3. The lowest BCUT2D eigenvalue weighted by atomic mass is 10.2. The minimum absolute atomic E-state index is 0.0774. The van der Waals surface area contributed by atoms with E-state index in [-0.39, 0.29) is 24.2 Å². The molecule has 7 heteroatoms. The van der Waals surface area contributed by atoms with Crippen molar-refractivity contribution in [2.75, 3.05) is 24.5 Å². The molecule has 3 N–H and O–H groups in total. The van der Waals surface area contributed by atoms with Crippen LogP contribution in [0.25, 0.3) is 0 Å². The SMILES string of the molecule is CC1CN(c2ccc(CNC(=O)C3CC(O)CN3)cn2)CC(C)O1. The van der Waals surface area contributed by atoms with Gasteiger partial charge in [-0.15, -0.1) is 0 Å². The number of hydrogen-bond acceptors (Lipinski definition) is 6. The minimum Gasteiger partial charge on any atom is -0.392 e. The molecule has 4 unspecified atom stereocenters. The summed E-state index contributed by atoms with van der Waals surface area (Å²) < 4.78 is 5.74. The van der Waals surface area contributed by atoms with E-state index in [1.165, 1.54) is 0 Å². The van der Waals surface area contributed by atoms with Gasteiger partial charge in [-0.3, -0.25) is 4.79 Å². The Labute approximate surface area is 142 Å². The van der Waals surface area contributed by atoms with Crippen molar-refractivity contribution in [2.24, 2.45) is 0 Å². The van der Waals surface area contributed by atoms with Gasteiger partial charge < -0.3 is 25.4 Å². The lowest BCUT2D eigenvalue weighted by Crippen LogP contribution is -2.45. The molecule has 132 valence electrons. The van der Waals surface area contributed by atoms with Crippen LogP contribution in [-0.2, 0) is 16.1 Å². The maximum absolute atomic E-state index is 12.0. The average Bonchev–Trinajstić information content (AvgIpc) is 2.99. The highest BCUT2D eigenvalue weighted by molar-refractivity contribution is 5.82. The molecule has 0 bridgehead atoms. The van der Waals surface area contributed by atoms with Crippen molar-refractivity contribution in [1.82, 2.24) is 15.6 Å². The number of aliphatic hydroxyl groups is 1. The van der Waals surface area contributed by atoms with Gasteiger partial charge in [-0.25, -0.2) is 4.98 Å². The number of β-amino-alcohol motifs (C(OH)–C–C–N with tert-alkyl or cyclic N) is 1. The van der Waals surface area contributed by atoms with Crippen LogP contribution in [0.3, 0.4) is 0 Å². The van der Waals surface area contributed by atoms with Crippen LogP contribution in [0.5, 0.6) is 0 Å². The van der Waals surface area contributed by atoms with Crippen LogP contribution in [0.4, 0.5) is 5.82 Å². The van der Waals surface area contributed by atoms with Crippen LogP contribution in [0, 0.1) is 0 Å². The molecule has 3 rings (SSSR count). The van der Waals surface area contributed by atoms with Crippen molar-refractivity contribution in [3.05, 3.63) is 23.9 Å². The first kappa shape index (κ1) is 17.1. The number of amides is 1. The number of carbonyl (C=O) groups is 1. The van der Waals surface area contributed by atoms with Crippen LogP contribution < -0.4 is 15.5 Å². The van der Waals surface area contributed by atoms with E-state index in [4.69, 9.17) is 4.74 Å². The van der Waals surface area contributed by atoms with Gasteiger partial charge in [-0.1, -0.05) is 6.07 Å². The van der Waals surface area contributed by atoms with E-state index in [2.05, 4.69) is 34.4 Å². The van der Waals surface area contributed by atoms with E-state index in [1.54, 1.807) is 6.20 Å². The van der Waals surface area contributed by atoms with Crippen LogP contribution in [0.15, 0.2) is 18.3 Å². The smallest absolute Gasteiger partial charge is 0.237 e. The molecule has 24 heavy (non-hydrogen) atoms. The predicted molar refractivity (Wildman–Crippen MR) is 90.7 cm³/mol. The Hall–Kier alpha value is -1.70. The number of carbonyl (C=O) groups excluding carboxylic acids is 1. The number of rotatable bonds is 4. The van der Waals surface area contributed by atoms with E-state index in [0.29, 0.717) is 19.5 Å². The van der Waals surface area contributed by atoms with Gasteiger partial charge in [0.1, 0.15) is 5.82 Å². The Bertz CT molecular complexity index is 555. The Morgan fingerprint density at radius 1 is 1.42 bits per heavy atom. The summed E-state index contributed by atoms with van der Waals surface area (Å²) in [6.45, 7) is 6.73. The van der Waals surface area contributed by atoms with Crippen LogP contribution in [-0.4, -0.2) is 60.0 Å². The van der Waals surface area contributed by atoms with E-state index in [9.17, 15) is 9.90 Å². The van der Waals surface area contributed by atoms with E-state index >= 15 is 0 Å². The van der Waals surface area contributed by atoms with Crippen molar-refractivity contribution in [3.63, 3.8) is 0 Å². The van der Waals surface area contributed by atoms with Gasteiger partial charge in [-0.2, -0.15) is 0 Å². The largest absolute Gasteiger partial charge is 0.392 e. The lowest BCUT2D eigenvalue weighted by Gasteiger charge is -2.36.